The number of benzene rings is 4. The van der Waals surface area contributed by atoms with E-state index in [0.717, 1.165) is 40.5 Å². The number of hydrogen-bond donors (Lipinski definition) is 2. The number of nitrogens with one attached hydrogen (secondary N) is 1. The first-order chi connectivity index (χ1) is 25.8. The number of halogens is 4. The molecule has 1 amide bonds. The number of carboxylic acid groups (broad SMARTS) is 1. The van der Waals surface area contributed by atoms with Gasteiger partial charge in [-0.05, 0) is 103 Å². The number of piperidine rings is 1. The number of ether oxygens (including phenoxy) is 2. The van der Waals surface area contributed by atoms with Gasteiger partial charge in [-0.15, -0.1) is 0 Å². The van der Waals surface area contributed by atoms with E-state index in [1.165, 1.54) is 17.1 Å². The Morgan fingerprint density at radius 2 is 1.31 bits per heavy atom. The SMILES string of the molecule is O=C(O)C(F)(F)F.O=C([C@@H]1C[C@@H](Oc2ccc(-c3ccc(Cl)cc3)cc2)CCN1S(=O)(=O)c1ccc2cc(OC3CCCC3)ccc2c1)N1CCNCC1. The van der Waals surface area contributed by atoms with Gasteiger partial charge in [-0.3, -0.25) is 4.79 Å². The van der Waals surface area contributed by atoms with Crippen molar-refractivity contribution >= 4 is 44.3 Å². The predicted octanol–water partition coefficient (Wildman–Crippen LogP) is 7.15. The van der Waals surface area contributed by atoms with Crippen LogP contribution in [0.15, 0.2) is 89.8 Å². The molecule has 0 bridgehead atoms. The third-order valence-electron chi connectivity index (χ3n) is 9.79. The Kier molecular flexibility index (Phi) is 12.4. The highest BCUT2D eigenvalue weighted by Gasteiger charge is 2.43. The maximum atomic E-state index is 14.3. The number of carboxylic acids is 1. The van der Waals surface area contributed by atoms with Crippen LogP contribution in [-0.2, 0) is 19.6 Å². The molecule has 0 aromatic heterocycles. The summed E-state index contributed by atoms with van der Waals surface area (Å²) in [6.45, 7) is 2.64. The van der Waals surface area contributed by atoms with E-state index in [2.05, 4.69) is 5.32 Å². The summed E-state index contributed by atoms with van der Waals surface area (Å²) in [4.78, 5) is 24.8. The zero-order valence-electron chi connectivity index (χ0n) is 29.3. The summed E-state index contributed by atoms with van der Waals surface area (Å²) >= 11 is 6.05. The van der Waals surface area contributed by atoms with E-state index < -0.39 is 28.2 Å². The first-order valence-electron chi connectivity index (χ1n) is 17.8. The average Bonchev–Trinajstić information content (AvgIpc) is 3.68. The molecular formula is C39H41ClF3N3O7S. The molecule has 2 saturated heterocycles. The van der Waals surface area contributed by atoms with E-state index in [1.54, 1.807) is 17.0 Å². The van der Waals surface area contributed by atoms with Crippen molar-refractivity contribution < 1.29 is 45.8 Å². The summed E-state index contributed by atoms with van der Waals surface area (Å²) in [6, 6.07) is 25.6. The van der Waals surface area contributed by atoms with E-state index in [-0.39, 0.29) is 36.0 Å². The molecule has 2 N–H and O–H groups in total. The molecule has 0 radical (unpaired) electrons. The topological polar surface area (TPSA) is 125 Å². The van der Waals surface area contributed by atoms with Gasteiger partial charge in [0, 0.05) is 44.2 Å². The Bertz CT molecular complexity index is 2040. The predicted molar refractivity (Wildman–Crippen MR) is 198 cm³/mol. The number of hydrogen-bond acceptors (Lipinski definition) is 7. The van der Waals surface area contributed by atoms with Crippen LogP contribution in [0.5, 0.6) is 11.5 Å². The van der Waals surface area contributed by atoms with Gasteiger partial charge in [-0.2, -0.15) is 17.5 Å². The number of alkyl halides is 3. The van der Waals surface area contributed by atoms with Gasteiger partial charge in [0.05, 0.1) is 11.0 Å². The molecule has 2 heterocycles. The Hall–Kier alpha value is -4.37. The Morgan fingerprint density at radius 3 is 1.94 bits per heavy atom. The molecule has 0 spiro atoms. The molecule has 7 rings (SSSR count). The van der Waals surface area contributed by atoms with Gasteiger partial charge in [0.2, 0.25) is 15.9 Å². The van der Waals surface area contributed by atoms with Gasteiger partial charge in [0.1, 0.15) is 23.6 Å². The number of rotatable bonds is 8. The second-order valence-corrected chi connectivity index (χ2v) is 15.8. The summed E-state index contributed by atoms with van der Waals surface area (Å²) < 4.78 is 74.2. The zero-order valence-corrected chi connectivity index (χ0v) is 30.9. The van der Waals surface area contributed by atoms with Crippen molar-refractivity contribution in [3.8, 4) is 22.6 Å². The molecule has 0 unspecified atom stereocenters. The van der Waals surface area contributed by atoms with Gasteiger partial charge in [0.15, 0.2) is 0 Å². The fraction of sp³-hybridized carbons (Fsp3) is 0.385. The normalized spacial score (nSPS) is 19.9. The molecule has 3 aliphatic rings. The minimum Gasteiger partial charge on any atom is -0.490 e. The summed E-state index contributed by atoms with van der Waals surface area (Å²) in [5, 5.41) is 12.8. The molecular weight excluding hydrogens is 747 g/mol. The number of sulfonamides is 1. The lowest BCUT2D eigenvalue weighted by atomic mass is 10.00. The van der Waals surface area contributed by atoms with Crippen LogP contribution in [0.4, 0.5) is 13.2 Å². The van der Waals surface area contributed by atoms with Crippen molar-refractivity contribution in [1.82, 2.24) is 14.5 Å². The minimum atomic E-state index is -5.08. The lowest BCUT2D eigenvalue weighted by Gasteiger charge is -2.40. The van der Waals surface area contributed by atoms with Crippen LogP contribution in [0, 0.1) is 0 Å². The summed E-state index contributed by atoms with van der Waals surface area (Å²) in [5.41, 5.74) is 2.09. The highest BCUT2D eigenvalue weighted by molar-refractivity contribution is 7.89. The summed E-state index contributed by atoms with van der Waals surface area (Å²) in [5.74, 6) is -1.44. The van der Waals surface area contributed by atoms with Crippen molar-refractivity contribution in [2.45, 2.75) is 67.8 Å². The zero-order chi connectivity index (χ0) is 38.5. The van der Waals surface area contributed by atoms with Crippen LogP contribution in [-0.4, -0.2) is 91.8 Å². The van der Waals surface area contributed by atoms with Crippen molar-refractivity contribution in [3.63, 3.8) is 0 Å². The standard InChI is InChI=1S/C37H40ClN3O5S.C2HF3O2/c38-30-11-5-26(6-12-30)27-7-13-32(14-8-27)46-34-17-20-41(36(25-34)37(42)40-21-18-39-19-22-40)47(43,44)35-16-10-28-23-33(15-9-29(28)24-35)45-31-3-1-2-4-31;3-2(4,5)1(6)7/h5-16,23-24,31,34,36,39H,1-4,17-22,25H2;(H,6,7)/t34-,36-;/m0./s1. The molecule has 54 heavy (non-hydrogen) atoms. The second-order valence-electron chi connectivity index (χ2n) is 13.5. The molecule has 15 heteroatoms. The highest BCUT2D eigenvalue weighted by atomic mass is 35.5. The molecule has 2 atom stereocenters. The number of nitrogens with zero attached hydrogens (tertiary/aromatic N) is 2. The van der Waals surface area contributed by atoms with Crippen LogP contribution < -0.4 is 14.8 Å². The molecule has 288 valence electrons. The molecule has 1 saturated carbocycles. The molecule has 4 aromatic carbocycles. The van der Waals surface area contributed by atoms with E-state index in [1.807, 2.05) is 72.8 Å². The van der Waals surface area contributed by atoms with E-state index in [9.17, 15) is 26.4 Å². The molecule has 4 aromatic rings. The third kappa shape index (κ3) is 9.64. The van der Waals surface area contributed by atoms with Crippen LogP contribution in [0.25, 0.3) is 21.9 Å². The Labute approximate surface area is 316 Å². The van der Waals surface area contributed by atoms with Crippen molar-refractivity contribution in [2.75, 3.05) is 32.7 Å². The Balaban J connectivity index is 0.000000649. The van der Waals surface area contributed by atoms with Gasteiger partial charge in [-0.1, -0.05) is 48.0 Å². The quantitative estimate of drug-likeness (QED) is 0.193. The van der Waals surface area contributed by atoms with Crippen molar-refractivity contribution in [3.05, 3.63) is 90.0 Å². The third-order valence-corrected chi connectivity index (χ3v) is 11.9. The number of piperazine rings is 1. The minimum absolute atomic E-state index is 0.170. The molecule has 3 fully saturated rings. The molecule has 10 nitrogen and oxygen atoms in total. The second kappa shape index (κ2) is 17.0. The van der Waals surface area contributed by atoms with Crippen LogP contribution >= 0.6 is 11.6 Å². The first-order valence-corrected chi connectivity index (χ1v) is 19.6. The number of carbonyl (C=O) groups excluding carboxylic acids is 1. The van der Waals surface area contributed by atoms with E-state index in [0.29, 0.717) is 43.4 Å². The number of aliphatic carboxylic acids is 1. The van der Waals surface area contributed by atoms with Gasteiger partial charge in [-0.25, -0.2) is 13.2 Å². The van der Waals surface area contributed by atoms with Crippen molar-refractivity contribution in [2.24, 2.45) is 0 Å². The van der Waals surface area contributed by atoms with Crippen molar-refractivity contribution in [1.29, 1.82) is 0 Å². The number of fused-ring (bicyclic) bond motifs is 1. The largest absolute Gasteiger partial charge is 0.490 e. The molecule has 1 aliphatic carbocycles. The van der Waals surface area contributed by atoms with E-state index >= 15 is 0 Å². The van der Waals surface area contributed by atoms with Crippen LogP contribution in [0.3, 0.4) is 0 Å². The lowest BCUT2D eigenvalue weighted by molar-refractivity contribution is -0.192. The maximum Gasteiger partial charge on any atom is 0.490 e. The fourth-order valence-corrected chi connectivity index (χ4v) is 8.73. The summed E-state index contributed by atoms with van der Waals surface area (Å²) in [7, 11) is -3.98. The fourth-order valence-electron chi connectivity index (χ4n) is 6.96. The average molecular weight is 788 g/mol. The number of amides is 1. The highest BCUT2D eigenvalue weighted by Crippen LogP contribution is 2.33. The summed E-state index contributed by atoms with van der Waals surface area (Å²) in [6.07, 6.45) is 0.128. The van der Waals surface area contributed by atoms with Gasteiger partial charge in [0.25, 0.3) is 0 Å². The maximum absolute atomic E-state index is 14.3. The smallest absolute Gasteiger partial charge is 0.490 e. The lowest BCUT2D eigenvalue weighted by Crippen LogP contribution is -2.58. The first kappa shape index (κ1) is 39.3. The van der Waals surface area contributed by atoms with Crippen LogP contribution in [0.1, 0.15) is 38.5 Å². The molecule has 2 aliphatic heterocycles. The van der Waals surface area contributed by atoms with Gasteiger partial charge >= 0.3 is 12.1 Å². The van der Waals surface area contributed by atoms with E-state index in [4.69, 9.17) is 31.0 Å². The monoisotopic (exact) mass is 787 g/mol. The Morgan fingerprint density at radius 1 is 0.759 bits per heavy atom. The van der Waals surface area contributed by atoms with Crippen LogP contribution in [0.2, 0.25) is 5.02 Å². The van der Waals surface area contributed by atoms with Gasteiger partial charge < -0.3 is 24.8 Å². The number of carbonyl (C=O) groups is 2.